The van der Waals surface area contributed by atoms with Crippen LogP contribution in [0, 0.1) is 0 Å². The quantitative estimate of drug-likeness (QED) is 0.537. The summed E-state index contributed by atoms with van der Waals surface area (Å²) in [5.74, 6) is 0.817. The predicted octanol–water partition coefficient (Wildman–Crippen LogP) is 1.83. The van der Waals surface area contributed by atoms with Gasteiger partial charge in [0.05, 0.1) is 23.6 Å². The van der Waals surface area contributed by atoms with E-state index in [0.29, 0.717) is 0 Å². The van der Waals surface area contributed by atoms with Crippen molar-refractivity contribution in [2.75, 3.05) is 13.1 Å². The molecule has 4 rings (SSSR count). The lowest BCUT2D eigenvalue weighted by Crippen LogP contribution is -2.39. The zero-order valence-electron chi connectivity index (χ0n) is 15.2. The number of hydrogen-bond acceptors (Lipinski definition) is 4. The summed E-state index contributed by atoms with van der Waals surface area (Å²) in [5.41, 5.74) is 10.1. The number of amides is 1. The molecule has 27 heavy (non-hydrogen) atoms. The van der Waals surface area contributed by atoms with Gasteiger partial charge in [0.15, 0.2) is 0 Å². The number of imidazole rings is 1. The molecule has 1 fully saturated rings. The topological polar surface area (TPSA) is 95.8 Å². The normalized spacial score (nSPS) is 19.4. The molecule has 3 aromatic rings. The van der Waals surface area contributed by atoms with Gasteiger partial charge in [-0.25, -0.2) is 4.98 Å². The third-order valence-corrected chi connectivity index (χ3v) is 5.15. The average Bonchev–Trinajstić information content (AvgIpc) is 3.34. The summed E-state index contributed by atoms with van der Waals surface area (Å²) >= 11 is 0. The molecule has 2 heterocycles. The van der Waals surface area contributed by atoms with E-state index < -0.39 is 0 Å². The average molecular weight is 363 g/mol. The SMILES string of the molecule is NCC(=O)N[C@H]1CN[C@H](c2nc3c(CCc4ccccc4)cccc3[nH]2)C1. The molecule has 0 radical (unpaired) electrons. The van der Waals surface area contributed by atoms with Crippen LogP contribution >= 0.6 is 0 Å². The highest BCUT2D eigenvalue weighted by molar-refractivity contribution is 5.79. The number of benzene rings is 2. The van der Waals surface area contributed by atoms with E-state index in [1.165, 1.54) is 11.1 Å². The van der Waals surface area contributed by atoms with Crippen molar-refractivity contribution in [3.8, 4) is 0 Å². The van der Waals surface area contributed by atoms with Gasteiger partial charge in [-0.1, -0.05) is 42.5 Å². The molecular formula is C21H25N5O. The minimum Gasteiger partial charge on any atom is -0.351 e. The number of para-hydroxylation sites is 1. The summed E-state index contributed by atoms with van der Waals surface area (Å²) in [7, 11) is 0. The second kappa shape index (κ2) is 7.90. The Morgan fingerprint density at radius 3 is 2.81 bits per heavy atom. The number of fused-ring (bicyclic) bond motifs is 1. The number of aryl methyl sites for hydroxylation is 2. The number of nitrogens with two attached hydrogens (primary N) is 1. The van der Waals surface area contributed by atoms with Gasteiger partial charge in [0, 0.05) is 12.6 Å². The fourth-order valence-corrected chi connectivity index (χ4v) is 3.74. The number of aromatic nitrogens is 2. The molecule has 2 aromatic carbocycles. The Balaban J connectivity index is 1.48. The lowest BCUT2D eigenvalue weighted by molar-refractivity contribution is -0.120. The van der Waals surface area contributed by atoms with Crippen molar-refractivity contribution < 1.29 is 4.79 Å². The summed E-state index contributed by atoms with van der Waals surface area (Å²) in [6.07, 6.45) is 2.76. The highest BCUT2D eigenvalue weighted by Gasteiger charge is 2.28. The van der Waals surface area contributed by atoms with Crippen molar-refractivity contribution in [1.82, 2.24) is 20.6 Å². The van der Waals surface area contributed by atoms with E-state index in [4.69, 9.17) is 10.7 Å². The molecule has 0 spiro atoms. The first kappa shape index (κ1) is 17.7. The number of hydrogen-bond donors (Lipinski definition) is 4. The van der Waals surface area contributed by atoms with Gasteiger partial charge in [-0.2, -0.15) is 0 Å². The van der Waals surface area contributed by atoms with E-state index >= 15 is 0 Å². The van der Waals surface area contributed by atoms with Gasteiger partial charge in [-0.05, 0) is 36.5 Å². The van der Waals surface area contributed by atoms with Gasteiger partial charge >= 0.3 is 0 Å². The largest absolute Gasteiger partial charge is 0.351 e. The van der Waals surface area contributed by atoms with Crippen molar-refractivity contribution >= 4 is 16.9 Å². The van der Waals surface area contributed by atoms with Crippen molar-refractivity contribution in [2.45, 2.75) is 31.3 Å². The fourth-order valence-electron chi connectivity index (χ4n) is 3.74. The lowest BCUT2D eigenvalue weighted by Gasteiger charge is -2.10. The van der Waals surface area contributed by atoms with Crippen LogP contribution in [0.25, 0.3) is 11.0 Å². The highest BCUT2D eigenvalue weighted by atomic mass is 16.1. The molecule has 1 aliphatic heterocycles. The van der Waals surface area contributed by atoms with Gasteiger partial charge in [0.1, 0.15) is 5.82 Å². The number of nitrogens with zero attached hydrogens (tertiary/aromatic N) is 1. The van der Waals surface area contributed by atoms with E-state index in [1.54, 1.807) is 0 Å². The Kier molecular flexibility index (Phi) is 5.18. The summed E-state index contributed by atoms with van der Waals surface area (Å²) in [5, 5.41) is 6.39. The zero-order chi connectivity index (χ0) is 18.6. The third kappa shape index (κ3) is 4.02. The fraction of sp³-hybridized carbons (Fsp3) is 0.333. The molecular weight excluding hydrogens is 338 g/mol. The maximum atomic E-state index is 11.5. The van der Waals surface area contributed by atoms with E-state index in [-0.39, 0.29) is 24.5 Å². The third-order valence-electron chi connectivity index (χ3n) is 5.15. The maximum Gasteiger partial charge on any atom is 0.233 e. The highest BCUT2D eigenvalue weighted by Crippen LogP contribution is 2.25. The number of carbonyl (C=O) groups is 1. The molecule has 0 unspecified atom stereocenters. The van der Waals surface area contributed by atoms with Crippen LogP contribution in [0.4, 0.5) is 0 Å². The summed E-state index contributed by atoms with van der Waals surface area (Å²) in [6.45, 7) is 0.755. The maximum absolute atomic E-state index is 11.5. The van der Waals surface area contributed by atoms with Crippen LogP contribution in [-0.2, 0) is 17.6 Å². The number of nitrogens with one attached hydrogen (secondary N) is 3. The molecule has 0 saturated carbocycles. The molecule has 1 saturated heterocycles. The molecule has 2 atom stereocenters. The first-order chi connectivity index (χ1) is 13.2. The van der Waals surface area contributed by atoms with Gasteiger partial charge < -0.3 is 21.4 Å². The summed E-state index contributed by atoms with van der Waals surface area (Å²) < 4.78 is 0. The van der Waals surface area contributed by atoms with Crippen LogP contribution < -0.4 is 16.4 Å². The summed E-state index contributed by atoms with van der Waals surface area (Å²) in [6, 6.07) is 17.0. The monoisotopic (exact) mass is 363 g/mol. The number of rotatable bonds is 6. The van der Waals surface area contributed by atoms with Crippen molar-refractivity contribution in [1.29, 1.82) is 0 Å². The first-order valence-corrected chi connectivity index (χ1v) is 9.47. The van der Waals surface area contributed by atoms with E-state index in [2.05, 4.69) is 58.1 Å². The van der Waals surface area contributed by atoms with Crippen LogP contribution in [0.15, 0.2) is 48.5 Å². The number of H-pyrrole nitrogens is 1. The van der Waals surface area contributed by atoms with Crippen molar-refractivity contribution in [2.24, 2.45) is 5.73 Å². The Bertz CT molecular complexity index is 921. The van der Waals surface area contributed by atoms with Gasteiger partial charge in [-0.15, -0.1) is 0 Å². The molecule has 0 bridgehead atoms. The molecule has 6 heteroatoms. The second-order valence-electron chi connectivity index (χ2n) is 7.09. The van der Waals surface area contributed by atoms with Crippen LogP contribution in [0.5, 0.6) is 0 Å². The molecule has 5 N–H and O–H groups in total. The van der Waals surface area contributed by atoms with Gasteiger partial charge in [0.2, 0.25) is 5.91 Å². The Hall–Kier alpha value is -2.70. The molecule has 1 aliphatic rings. The van der Waals surface area contributed by atoms with Crippen LogP contribution in [0.3, 0.4) is 0 Å². The Morgan fingerprint density at radius 2 is 2.00 bits per heavy atom. The molecule has 1 aromatic heterocycles. The Labute approximate surface area is 158 Å². The van der Waals surface area contributed by atoms with Crippen LogP contribution in [0.2, 0.25) is 0 Å². The minimum absolute atomic E-state index is 0.0244. The van der Waals surface area contributed by atoms with E-state index in [0.717, 1.165) is 42.7 Å². The van der Waals surface area contributed by atoms with Crippen LogP contribution in [-0.4, -0.2) is 35.0 Å². The number of aromatic amines is 1. The first-order valence-electron chi connectivity index (χ1n) is 9.47. The second-order valence-corrected chi connectivity index (χ2v) is 7.09. The molecule has 0 aliphatic carbocycles. The molecule has 140 valence electrons. The standard InChI is InChI=1S/C21H25N5O/c22-12-19(27)24-16-11-18(23-13-16)21-25-17-8-4-7-15(20(17)26-21)10-9-14-5-2-1-3-6-14/h1-8,16,18,23H,9-13,22H2,(H,24,27)(H,25,26)/t16-,18+/m1/s1. The van der Waals surface area contributed by atoms with Gasteiger partial charge in [-0.3, -0.25) is 4.79 Å². The molecule has 6 nitrogen and oxygen atoms in total. The smallest absolute Gasteiger partial charge is 0.233 e. The van der Waals surface area contributed by atoms with E-state index in [9.17, 15) is 4.79 Å². The Morgan fingerprint density at radius 1 is 1.15 bits per heavy atom. The van der Waals surface area contributed by atoms with Crippen LogP contribution in [0.1, 0.15) is 29.4 Å². The lowest BCUT2D eigenvalue weighted by atomic mass is 10.0. The predicted molar refractivity (Wildman–Crippen MR) is 106 cm³/mol. The molecule has 1 amide bonds. The van der Waals surface area contributed by atoms with Crippen molar-refractivity contribution in [3.05, 3.63) is 65.5 Å². The van der Waals surface area contributed by atoms with Gasteiger partial charge in [0.25, 0.3) is 0 Å². The van der Waals surface area contributed by atoms with Crippen molar-refractivity contribution in [3.63, 3.8) is 0 Å². The minimum atomic E-state index is -0.116. The zero-order valence-corrected chi connectivity index (χ0v) is 15.2. The van der Waals surface area contributed by atoms with E-state index in [1.807, 2.05) is 6.07 Å². The summed E-state index contributed by atoms with van der Waals surface area (Å²) in [4.78, 5) is 19.8. The number of carbonyl (C=O) groups excluding carboxylic acids is 1.